The number of likely N-dealkylation sites (tertiary alicyclic amines) is 1. The summed E-state index contributed by atoms with van der Waals surface area (Å²) in [5, 5.41) is 0.732. The van der Waals surface area contributed by atoms with Gasteiger partial charge in [-0.25, -0.2) is 0 Å². The maximum absolute atomic E-state index is 12.4. The van der Waals surface area contributed by atoms with Gasteiger partial charge in [0.25, 0.3) is 0 Å². The Kier molecular flexibility index (Phi) is 6.34. The van der Waals surface area contributed by atoms with E-state index in [0.29, 0.717) is 32.7 Å². The van der Waals surface area contributed by atoms with Gasteiger partial charge in [-0.3, -0.25) is 9.69 Å². The SMILES string of the molecule is COC(=O)C1(N2CCC(OCc3cccc(Cl)c3)CC2)CCOCC1. The van der Waals surface area contributed by atoms with Crippen LogP contribution in [-0.4, -0.2) is 55.9 Å². The van der Waals surface area contributed by atoms with Crippen LogP contribution >= 0.6 is 11.6 Å². The minimum absolute atomic E-state index is 0.130. The van der Waals surface area contributed by atoms with Gasteiger partial charge < -0.3 is 14.2 Å². The second kappa shape index (κ2) is 8.49. The number of carbonyl (C=O) groups is 1. The summed E-state index contributed by atoms with van der Waals surface area (Å²) >= 11 is 6.01. The summed E-state index contributed by atoms with van der Waals surface area (Å²) in [5.41, 5.74) is 0.565. The van der Waals surface area contributed by atoms with Gasteiger partial charge in [0.2, 0.25) is 0 Å². The molecular formula is C19H26ClNO4. The molecule has 0 aliphatic carbocycles. The number of benzene rings is 1. The Morgan fingerprint density at radius 2 is 2.04 bits per heavy atom. The highest BCUT2D eigenvalue weighted by atomic mass is 35.5. The predicted molar refractivity (Wildman–Crippen MR) is 95.6 cm³/mol. The number of carbonyl (C=O) groups excluding carboxylic acids is 1. The smallest absolute Gasteiger partial charge is 0.326 e. The molecule has 25 heavy (non-hydrogen) atoms. The van der Waals surface area contributed by atoms with Crippen molar-refractivity contribution in [3.8, 4) is 0 Å². The van der Waals surface area contributed by atoms with Gasteiger partial charge >= 0.3 is 5.97 Å². The zero-order chi connectivity index (χ0) is 17.7. The molecule has 0 bridgehead atoms. The third-order valence-electron chi connectivity index (χ3n) is 5.31. The minimum Gasteiger partial charge on any atom is -0.468 e. The lowest BCUT2D eigenvalue weighted by Crippen LogP contribution is -2.60. The zero-order valence-electron chi connectivity index (χ0n) is 14.7. The van der Waals surface area contributed by atoms with Crippen LogP contribution < -0.4 is 0 Å². The molecule has 5 nitrogen and oxygen atoms in total. The molecule has 3 rings (SSSR count). The molecule has 0 unspecified atom stereocenters. The highest BCUT2D eigenvalue weighted by molar-refractivity contribution is 6.30. The van der Waals surface area contributed by atoms with Gasteiger partial charge in [-0.2, -0.15) is 0 Å². The predicted octanol–water partition coefficient (Wildman–Crippen LogP) is 3.04. The molecule has 6 heteroatoms. The van der Waals surface area contributed by atoms with Crippen LogP contribution in [-0.2, 0) is 25.6 Å². The molecule has 2 fully saturated rings. The number of methoxy groups -OCH3 is 1. The Morgan fingerprint density at radius 3 is 2.68 bits per heavy atom. The van der Waals surface area contributed by atoms with Gasteiger partial charge in [-0.1, -0.05) is 23.7 Å². The molecule has 1 aromatic carbocycles. The van der Waals surface area contributed by atoms with E-state index in [2.05, 4.69) is 4.90 Å². The molecule has 2 saturated heterocycles. The Labute approximate surface area is 154 Å². The summed E-state index contributed by atoms with van der Waals surface area (Å²) in [5.74, 6) is -0.130. The van der Waals surface area contributed by atoms with Crippen LogP contribution in [0.1, 0.15) is 31.2 Å². The van der Waals surface area contributed by atoms with Gasteiger partial charge in [-0.15, -0.1) is 0 Å². The van der Waals surface area contributed by atoms with Crippen LogP contribution in [0.4, 0.5) is 0 Å². The third-order valence-corrected chi connectivity index (χ3v) is 5.54. The van der Waals surface area contributed by atoms with Crippen molar-refractivity contribution in [2.75, 3.05) is 33.4 Å². The lowest BCUT2D eigenvalue weighted by Gasteiger charge is -2.46. The van der Waals surface area contributed by atoms with E-state index in [1.807, 2.05) is 24.3 Å². The Bertz CT molecular complexity index is 581. The average molecular weight is 368 g/mol. The highest BCUT2D eigenvalue weighted by Crippen LogP contribution is 2.32. The highest BCUT2D eigenvalue weighted by Gasteiger charge is 2.47. The number of ether oxygens (including phenoxy) is 3. The van der Waals surface area contributed by atoms with E-state index >= 15 is 0 Å². The van der Waals surface area contributed by atoms with Crippen molar-refractivity contribution in [2.45, 2.75) is 43.9 Å². The van der Waals surface area contributed by atoms with E-state index in [-0.39, 0.29) is 12.1 Å². The van der Waals surface area contributed by atoms with Crippen molar-refractivity contribution in [3.63, 3.8) is 0 Å². The van der Waals surface area contributed by atoms with Crippen LogP contribution in [0.2, 0.25) is 5.02 Å². The Balaban J connectivity index is 1.54. The van der Waals surface area contributed by atoms with Crippen molar-refractivity contribution < 1.29 is 19.0 Å². The first-order valence-corrected chi connectivity index (χ1v) is 9.29. The van der Waals surface area contributed by atoms with E-state index in [4.69, 9.17) is 25.8 Å². The van der Waals surface area contributed by atoms with Gasteiger partial charge in [0.15, 0.2) is 0 Å². The molecule has 0 radical (unpaired) electrons. The zero-order valence-corrected chi connectivity index (χ0v) is 15.5. The van der Waals surface area contributed by atoms with Gasteiger partial charge in [-0.05, 0) is 43.4 Å². The summed E-state index contributed by atoms with van der Waals surface area (Å²) in [6.45, 7) is 3.48. The number of hydrogen-bond acceptors (Lipinski definition) is 5. The number of halogens is 1. The third kappa shape index (κ3) is 4.34. The molecular weight excluding hydrogens is 342 g/mol. The van der Waals surface area contributed by atoms with E-state index < -0.39 is 5.54 Å². The minimum atomic E-state index is -0.523. The summed E-state index contributed by atoms with van der Waals surface area (Å²) in [6, 6.07) is 7.76. The van der Waals surface area contributed by atoms with Gasteiger partial charge in [0, 0.05) is 31.3 Å². The first kappa shape index (κ1) is 18.6. The summed E-state index contributed by atoms with van der Waals surface area (Å²) in [6.07, 6.45) is 3.45. The van der Waals surface area contributed by atoms with Crippen molar-refractivity contribution >= 4 is 17.6 Å². The second-order valence-electron chi connectivity index (χ2n) is 6.76. The molecule has 0 amide bonds. The average Bonchev–Trinajstić information content (AvgIpc) is 2.67. The van der Waals surface area contributed by atoms with Gasteiger partial charge in [0.05, 0.1) is 19.8 Å². The lowest BCUT2D eigenvalue weighted by molar-refractivity contribution is -0.165. The van der Waals surface area contributed by atoms with Crippen molar-refractivity contribution in [3.05, 3.63) is 34.9 Å². The first-order valence-electron chi connectivity index (χ1n) is 8.91. The van der Waals surface area contributed by atoms with Crippen molar-refractivity contribution in [2.24, 2.45) is 0 Å². The molecule has 0 N–H and O–H groups in total. The quantitative estimate of drug-likeness (QED) is 0.748. The Hall–Kier alpha value is -1.14. The molecule has 0 atom stereocenters. The summed E-state index contributed by atoms with van der Waals surface area (Å²) in [7, 11) is 1.47. The van der Waals surface area contributed by atoms with Crippen LogP contribution in [0.25, 0.3) is 0 Å². The summed E-state index contributed by atoms with van der Waals surface area (Å²) in [4.78, 5) is 14.7. The first-order chi connectivity index (χ1) is 12.1. The fourth-order valence-corrected chi connectivity index (χ4v) is 4.05. The fourth-order valence-electron chi connectivity index (χ4n) is 3.84. The van der Waals surface area contributed by atoms with Crippen LogP contribution in [0.5, 0.6) is 0 Å². The van der Waals surface area contributed by atoms with Gasteiger partial charge in [0.1, 0.15) is 5.54 Å². The molecule has 0 saturated carbocycles. The van der Waals surface area contributed by atoms with E-state index in [0.717, 1.165) is 36.5 Å². The number of nitrogens with zero attached hydrogens (tertiary/aromatic N) is 1. The maximum atomic E-state index is 12.4. The van der Waals surface area contributed by atoms with Crippen LogP contribution in [0.15, 0.2) is 24.3 Å². The molecule has 0 aromatic heterocycles. The molecule has 138 valence electrons. The number of rotatable bonds is 5. The number of esters is 1. The van der Waals surface area contributed by atoms with Crippen molar-refractivity contribution in [1.82, 2.24) is 4.90 Å². The van der Waals surface area contributed by atoms with E-state index in [1.54, 1.807) is 0 Å². The molecule has 2 heterocycles. The standard InChI is InChI=1S/C19H26ClNO4/c1-23-18(22)19(7-11-24-12-8-19)21-9-5-17(6-10-21)25-14-15-3-2-4-16(20)13-15/h2-4,13,17H,5-12,14H2,1H3. The van der Waals surface area contributed by atoms with Crippen LogP contribution in [0, 0.1) is 0 Å². The number of piperidine rings is 1. The van der Waals surface area contributed by atoms with Crippen LogP contribution in [0.3, 0.4) is 0 Å². The topological polar surface area (TPSA) is 48.0 Å². The Morgan fingerprint density at radius 1 is 1.32 bits per heavy atom. The maximum Gasteiger partial charge on any atom is 0.326 e. The summed E-state index contributed by atoms with van der Waals surface area (Å²) < 4.78 is 16.6. The van der Waals surface area contributed by atoms with Crippen molar-refractivity contribution in [1.29, 1.82) is 0 Å². The fraction of sp³-hybridized carbons (Fsp3) is 0.632. The monoisotopic (exact) mass is 367 g/mol. The second-order valence-corrected chi connectivity index (χ2v) is 7.20. The normalized spacial score (nSPS) is 21.8. The lowest BCUT2D eigenvalue weighted by atomic mass is 9.86. The largest absolute Gasteiger partial charge is 0.468 e. The molecule has 2 aliphatic rings. The number of hydrogen-bond donors (Lipinski definition) is 0. The molecule has 2 aliphatic heterocycles. The van der Waals surface area contributed by atoms with E-state index in [9.17, 15) is 4.79 Å². The molecule has 0 spiro atoms. The molecule has 1 aromatic rings. The van der Waals surface area contributed by atoms with E-state index in [1.165, 1.54) is 7.11 Å².